The van der Waals surface area contributed by atoms with Crippen LogP contribution in [0.1, 0.15) is 76.3 Å². The van der Waals surface area contributed by atoms with Gasteiger partial charge >= 0.3 is 12.3 Å². The molecule has 0 unspecified atom stereocenters. The molecular formula is C34H46F2N4O9S2. The minimum Gasteiger partial charge on any atom is -0.298 e. The predicted octanol–water partition coefficient (Wildman–Crippen LogP) is 7.05. The van der Waals surface area contributed by atoms with Crippen LogP contribution in [0.15, 0.2) is 76.5 Å². The SMILES string of the molecule is CCCCCCOOCc1cc(COOCCCCCC)cc(S(=O)(=O)Nc2ccc(S(=O)(=O)Nc3ccc(NNC(=O)C(F)F)cc3)cc2)c1. The highest BCUT2D eigenvalue weighted by atomic mass is 32.2. The third kappa shape index (κ3) is 15.1. The summed E-state index contributed by atoms with van der Waals surface area (Å²) in [5, 5.41) is 0. The Bertz CT molecular complexity index is 1680. The second-order valence-electron chi connectivity index (χ2n) is 11.5. The van der Waals surface area contributed by atoms with E-state index in [0.29, 0.717) is 24.3 Å². The van der Waals surface area contributed by atoms with Crippen LogP contribution in [0.25, 0.3) is 0 Å². The topological polar surface area (TPSA) is 170 Å². The summed E-state index contributed by atoms with van der Waals surface area (Å²) < 4.78 is 82.4. The van der Waals surface area contributed by atoms with Crippen molar-refractivity contribution < 1.29 is 50.0 Å². The first-order chi connectivity index (χ1) is 24.4. The van der Waals surface area contributed by atoms with E-state index in [0.717, 1.165) is 51.4 Å². The van der Waals surface area contributed by atoms with Crippen molar-refractivity contribution in [1.82, 2.24) is 5.43 Å². The molecule has 13 nitrogen and oxygen atoms in total. The maximum Gasteiger partial charge on any atom is 0.317 e. The molecule has 0 saturated carbocycles. The molecule has 3 rings (SSSR count). The molecule has 3 aromatic carbocycles. The van der Waals surface area contributed by atoms with Gasteiger partial charge in [-0.25, -0.2) is 36.4 Å². The van der Waals surface area contributed by atoms with Crippen LogP contribution in [0.3, 0.4) is 0 Å². The van der Waals surface area contributed by atoms with Gasteiger partial charge in [0.15, 0.2) is 0 Å². The van der Waals surface area contributed by atoms with Gasteiger partial charge in [0.05, 0.1) is 28.7 Å². The van der Waals surface area contributed by atoms with Crippen LogP contribution in [-0.2, 0) is 57.6 Å². The highest BCUT2D eigenvalue weighted by molar-refractivity contribution is 7.93. The first-order valence-electron chi connectivity index (χ1n) is 16.6. The van der Waals surface area contributed by atoms with E-state index in [1.165, 1.54) is 60.7 Å². The van der Waals surface area contributed by atoms with Gasteiger partial charge in [-0.3, -0.25) is 25.1 Å². The van der Waals surface area contributed by atoms with E-state index in [2.05, 4.69) is 28.7 Å². The zero-order chi connectivity index (χ0) is 37.1. The molecule has 0 aliphatic rings. The van der Waals surface area contributed by atoms with Gasteiger partial charge in [-0.15, -0.1) is 0 Å². The average molecular weight is 757 g/mol. The van der Waals surface area contributed by atoms with E-state index in [-0.39, 0.29) is 40.1 Å². The zero-order valence-corrected chi connectivity index (χ0v) is 30.3. The Labute approximate surface area is 298 Å². The van der Waals surface area contributed by atoms with Gasteiger partial charge in [0, 0.05) is 11.4 Å². The fourth-order valence-electron chi connectivity index (χ4n) is 4.50. The molecule has 0 saturated heterocycles. The van der Waals surface area contributed by atoms with Crippen LogP contribution in [0.2, 0.25) is 0 Å². The number of anilines is 3. The summed E-state index contributed by atoms with van der Waals surface area (Å²) in [5.41, 5.74) is 5.66. The standard InChI is InChI=1S/C34H46F2N4O9S2/c1-3-5-7-9-19-46-48-24-26-21-27(25-49-47-20-10-8-6-4-2)23-32(22-26)51(44,45)40-30-15-17-31(18-16-30)50(42,43)39-29-13-11-28(12-14-29)37-38-34(41)33(35)36/h11-18,21-23,33,37,39-40H,3-10,19-20,24-25H2,1-2H3,(H,38,41). The number of unbranched alkanes of at least 4 members (excludes halogenated alkanes) is 6. The zero-order valence-electron chi connectivity index (χ0n) is 28.7. The molecular weight excluding hydrogens is 711 g/mol. The van der Waals surface area contributed by atoms with Crippen molar-refractivity contribution in [3.63, 3.8) is 0 Å². The lowest BCUT2D eigenvalue weighted by molar-refractivity contribution is -0.305. The number of carbonyl (C=O) groups is 1. The Morgan fingerprint density at radius 3 is 1.53 bits per heavy atom. The summed E-state index contributed by atoms with van der Waals surface area (Å²) in [5.74, 6) is -1.52. The Balaban J connectivity index is 1.66. The van der Waals surface area contributed by atoms with Crippen molar-refractivity contribution >= 4 is 43.0 Å². The molecule has 0 atom stereocenters. The van der Waals surface area contributed by atoms with E-state index in [4.69, 9.17) is 19.6 Å². The number of hydrogen-bond donors (Lipinski definition) is 4. The first-order valence-corrected chi connectivity index (χ1v) is 19.6. The highest BCUT2D eigenvalue weighted by Crippen LogP contribution is 2.24. The van der Waals surface area contributed by atoms with Gasteiger partial charge in [0.25, 0.3) is 20.0 Å². The number of nitrogens with one attached hydrogen (secondary N) is 4. The number of rotatable bonds is 25. The minimum atomic E-state index is -4.15. The van der Waals surface area contributed by atoms with E-state index in [1.54, 1.807) is 6.07 Å². The molecule has 0 radical (unpaired) electrons. The lowest BCUT2D eigenvalue weighted by atomic mass is 10.1. The van der Waals surface area contributed by atoms with Crippen molar-refractivity contribution in [3.8, 4) is 0 Å². The molecule has 0 bridgehead atoms. The van der Waals surface area contributed by atoms with Crippen LogP contribution in [-0.4, -0.2) is 42.4 Å². The lowest BCUT2D eigenvalue weighted by Crippen LogP contribution is -2.34. The Hall–Kier alpha value is -3.87. The molecule has 0 fully saturated rings. The molecule has 282 valence electrons. The summed E-state index contributed by atoms with van der Waals surface area (Å²) >= 11 is 0. The molecule has 4 N–H and O–H groups in total. The third-order valence-corrected chi connectivity index (χ3v) is 9.96. The summed E-state index contributed by atoms with van der Waals surface area (Å²) in [7, 11) is -8.24. The number of amides is 1. The van der Waals surface area contributed by atoms with Crippen LogP contribution < -0.4 is 20.3 Å². The number of halogens is 2. The van der Waals surface area contributed by atoms with Crippen molar-refractivity contribution in [2.45, 2.75) is 94.6 Å². The van der Waals surface area contributed by atoms with Crippen molar-refractivity contribution in [3.05, 3.63) is 77.9 Å². The minimum absolute atomic E-state index is 0.00389. The normalized spacial score (nSPS) is 11.8. The molecule has 0 aromatic heterocycles. The van der Waals surface area contributed by atoms with Crippen molar-refractivity contribution in [1.29, 1.82) is 0 Å². The van der Waals surface area contributed by atoms with Crippen LogP contribution in [0.5, 0.6) is 0 Å². The molecule has 0 spiro atoms. The number of alkyl halides is 2. The van der Waals surface area contributed by atoms with E-state index in [1.807, 2.05) is 5.43 Å². The first kappa shape index (κ1) is 41.5. The van der Waals surface area contributed by atoms with Crippen LogP contribution >= 0.6 is 0 Å². The number of benzene rings is 3. The summed E-state index contributed by atoms with van der Waals surface area (Å²) in [4.78, 5) is 32.0. The maximum absolute atomic E-state index is 13.5. The Morgan fingerprint density at radius 1 is 0.608 bits per heavy atom. The second kappa shape index (κ2) is 21.5. The average Bonchev–Trinajstić information content (AvgIpc) is 3.10. The van der Waals surface area contributed by atoms with Gasteiger partial charge < -0.3 is 0 Å². The molecule has 17 heteroatoms. The summed E-state index contributed by atoms with van der Waals surface area (Å²) in [6, 6.07) is 15.2. The van der Waals surface area contributed by atoms with E-state index < -0.39 is 32.4 Å². The van der Waals surface area contributed by atoms with Gasteiger partial charge in [0.2, 0.25) is 0 Å². The molecule has 0 aliphatic carbocycles. The highest BCUT2D eigenvalue weighted by Gasteiger charge is 2.19. The van der Waals surface area contributed by atoms with Crippen molar-refractivity contribution in [2.24, 2.45) is 0 Å². The maximum atomic E-state index is 13.5. The van der Waals surface area contributed by atoms with Gasteiger partial charge in [0.1, 0.15) is 13.2 Å². The monoisotopic (exact) mass is 756 g/mol. The van der Waals surface area contributed by atoms with E-state index in [9.17, 15) is 30.4 Å². The number of carbonyl (C=O) groups excluding carboxylic acids is 1. The lowest BCUT2D eigenvalue weighted by Gasteiger charge is -2.13. The van der Waals surface area contributed by atoms with Crippen LogP contribution in [0.4, 0.5) is 25.8 Å². The fraction of sp³-hybridized carbons (Fsp3) is 0.441. The molecule has 3 aromatic rings. The number of hydrazine groups is 1. The van der Waals surface area contributed by atoms with Crippen molar-refractivity contribution in [2.75, 3.05) is 28.1 Å². The largest absolute Gasteiger partial charge is 0.317 e. The van der Waals surface area contributed by atoms with E-state index >= 15 is 0 Å². The molecule has 51 heavy (non-hydrogen) atoms. The molecule has 1 amide bonds. The molecule has 0 aliphatic heterocycles. The number of hydrogen-bond acceptors (Lipinski definition) is 10. The van der Waals surface area contributed by atoms with Crippen LogP contribution in [0, 0.1) is 0 Å². The summed E-state index contributed by atoms with van der Waals surface area (Å²) in [6.07, 6.45) is 4.92. The number of sulfonamides is 2. The van der Waals surface area contributed by atoms with Gasteiger partial charge in [-0.1, -0.05) is 58.4 Å². The fourth-order valence-corrected chi connectivity index (χ4v) is 6.74. The van der Waals surface area contributed by atoms with Gasteiger partial charge in [-0.2, -0.15) is 8.78 Å². The van der Waals surface area contributed by atoms with Gasteiger partial charge in [-0.05, 0) is 84.6 Å². The quantitative estimate of drug-likeness (QED) is 0.0399. The summed E-state index contributed by atoms with van der Waals surface area (Å²) in [6.45, 7) is 5.05. The Kier molecular flexibility index (Phi) is 17.5. The predicted molar refractivity (Wildman–Crippen MR) is 188 cm³/mol. The second-order valence-corrected chi connectivity index (χ2v) is 14.9. The Morgan fingerprint density at radius 2 is 1.06 bits per heavy atom. The third-order valence-electron chi connectivity index (χ3n) is 7.20. The molecule has 0 heterocycles. The smallest absolute Gasteiger partial charge is 0.298 e.